The topological polar surface area (TPSA) is 64.9 Å². The lowest BCUT2D eigenvalue weighted by atomic mass is 10.1. The lowest BCUT2D eigenvalue weighted by Crippen LogP contribution is -2.03. The number of rotatable bonds is 5. The normalized spacial score (nSPS) is 10.9. The summed E-state index contributed by atoms with van der Waals surface area (Å²) in [5, 5.41) is 8.82. The monoisotopic (exact) mass is 359 g/mol. The van der Waals surface area contributed by atoms with E-state index in [2.05, 4.69) is 52.4 Å². The minimum Gasteiger partial charge on any atom is -0.497 e. The van der Waals surface area contributed by atoms with Gasteiger partial charge in [0, 0.05) is 6.54 Å². The first-order valence-electron chi connectivity index (χ1n) is 8.78. The van der Waals surface area contributed by atoms with Crippen LogP contribution in [-0.2, 0) is 6.54 Å². The van der Waals surface area contributed by atoms with E-state index in [9.17, 15) is 0 Å². The molecular formula is C21H21N5O. The second-order valence-electron chi connectivity index (χ2n) is 6.56. The third-order valence-electron chi connectivity index (χ3n) is 4.44. The summed E-state index contributed by atoms with van der Waals surface area (Å²) < 4.78 is 7.06. The fraction of sp³-hybridized carbons (Fsp3) is 0.190. The van der Waals surface area contributed by atoms with Crippen LogP contribution in [-0.4, -0.2) is 26.9 Å². The van der Waals surface area contributed by atoms with E-state index in [1.54, 1.807) is 13.4 Å². The Labute approximate surface area is 157 Å². The fourth-order valence-corrected chi connectivity index (χ4v) is 3.18. The highest BCUT2D eigenvalue weighted by molar-refractivity contribution is 5.87. The Hall–Kier alpha value is -3.41. The molecule has 6 nitrogen and oxygen atoms in total. The van der Waals surface area contributed by atoms with E-state index >= 15 is 0 Å². The highest BCUT2D eigenvalue weighted by Crippen LogP contribution is 2.23. The lowest BCUT2D eigenvalue weighted by molar-refractivity contribution is 0.414. The highest BCUT2D eigenvalue weighted by atomic mass is 16.5. The Bertz CT molecular complexity index is 1070. The van der Waals surface area contributed by atoms with Crippen molar-refractivity contribution in [1.29, 1.82) is 0 Å². The van der Waals surface area contributed by atoms with Crippen LogP contribution in [0.15, 0.2) is 55.0 Å². The summed E-state index contributed by atoms with van der Waals surface area (Å²) in [6.07, 6.45) is 3.38. The number of nitrogens with one attached hydrogen (secondary N) is 1. The molecule has 0 spiro atoms. The SMILES string of the molecule is COc1ccc(CNc2ncnc3c2cnn3-c2cc(C)cc(C)c2)cc1. The summed E-state index contributed by atoms with van der Waals surface area (Å²) in [5.41, 5.74) is 5.32. The second kappa shape index (κ2) is 7.07. The van der Waals surface area contributed by atoms with Crippen molar-refractivity contribution in [3.63, 3.8) is 0 Å². The summed E-state index contributed by atoms with van der Waals surface area (Å²) in [7, 11) is 1.66. The van der Waals surface area contributed by atoms with Crippen molar-refractivity contribution in [3.8, 4) is 11.4 Å². The van der Waals surface area contributed by atoms with E-state index in [4.69, 9.17) is 4.74 Å². The third kappa shape index (κ3) is 3.46. The van der Waals surface area contributed by atoms with Gasteiger partial charge in [-0.25, -0.2) is 14.6 Å². The Kier molecular flexibility index (Phi) is 4.46. The van der Waals surface area contributed by atoms with Crippen molar-refractivity contribution in [2.24, 2.45) is 0 Å². The van der Waals surface area contributed by atoms with Crippen molar-refractivity contribution >= 4 is 16.9 Å². The first kappa shape index (κ1) is 17.0. The average Bonchev–Trinajstić information content (AvgIpc) is 3.11. The lowest BCUT2D eigenvalue weighted by Gasteiger charge is -2.08. The van der Waals surface area contributed by atoms with Gasteiger partial charge in [0.25, 0.3) is 0 Å². The molecule has 0 bridgehead atoms. The van der Waals surface area contributed by atoms with E-state index in [-0.39, 0.29) is 0 Å². The quantitative estimate of drug-likeness (QED) is 0.582. The van der Waals surface area contributed by atoms with Crippen molar-refractivity contribution in [1.82, 2.24) is 19.7 Å². The molecule has 2 aromatic carbocycles. The van der Waals surface area contributed by atoms with Crippen LogP contribution < -0.4 is 10.1 Å². The molecule has 6 heteroatoms. The van der Waals surface area contributed by atoms with Crippen LogP contribution in [0.25, 0.3) is 16.7 Å². The van der Waals surface area contributed by atoms with Gasteiger partial charge in [-0.15, -0.1) is 0 Å². The maximum absolute atomic E-state index is 5.20. The molecule has 27 heavy (non-hydrogen) atoms. The van der Waals surface area contributed by atoms with E-state index in [1.165, 1.54) is 11.1 Å². The molecule has 4 rings (SSSR count). The van der Waals surface area contributed by atoms with Crippen LogP contribution in [0.2, 0.25) is 0 Å². The molecule has 0 aliphatic heterocycles. The molecule has 0 saturated heterocycles. The van der Waals surface area contributed by atoms with Gasteiger partial charge in [-0.1, -0.05) is 18.2 Å². The second-order valence-corrected chi connectivity index (χ2v) is 6.56. The van der Waals surface area contributed by atoms with Crippen LogP contribution in [0.5, 0.6) is 5.75 Å². The first-order chi connectivity index (χ1) is 13.1. The van der Waals surface area contributed by atoms with Gasteiger partial charge in [0.15, 0.2) is 5.65 Å². The molecule has 0 amide bonds. The number of nitrogens with zero attached hydrogens (tertiary/aromatic N) is 4. The van der Waals surface area contributed by atoms with Crippen molar-refractivity contribution in [2.75, 3.05) is 12.4 Å². The number of aromatic nitrogens is 4. The number of anilines is 1. The Morgan fingerprint density at radius 3 is 2.44 bits per heavy atom. The van der Waals surface area contributed by atoms with Gasteiger partial charge in [0.05, 0.1) is 24.4 Å². The number of benzene rings is 2. The highest BCUT2D eigenvalue weighted by Gasteiger charge is 2.11. The number of hydrogen-bond acceptors (Lipinski definition) is 5. The van der Waals surface area contributed by atoms with Crippen LogP contribution in [0.3, 0.4) is 0 Å². The van der Waals surface area contributed by atoms with Gasteiger partial charge in [-0.2, -0.15) is 5.10 Å². The van der Waals surface area contributed by atoms with Gasteiger partial charge in [-0.05, 0) is 54.8 Å². The zero-order chi connectivity index (χ0) is 18.8. The Morgan fingerprint density at radius 1 is 1.00 bits per heavy atom. The van der Waals surface area contributed by atoms with Crippen LogP contribution >= 0.6 is 0 Å². The van der Waals surface area contributed by atoms with Gasteiger partial charge in [0.2, 0.25) is 0 Å². The minimum atomic E-state index is 0.658. The number of methoxy groups -OCH3 is 1. The fourth-order valence-electron chi connectivity index (χ4n) is 3.18. The summed E-state index contributed by atoms with van der Waals surface area (Å²) in [4.78, 5) is 8.85. The summed E-state index contributed by atoms with van der Waals surface area (Å²) in [6.45, 7) is 4.82. The molecule has 0 atom stereocenters. The standard InChI is InChI=1S/C21H21N5O/c1-14-8-15(2)10-17(9-14)26-21-19(12-25-26)20(23-13-24-21)22-11-16-4-6-18(27-3)7-5-16/h4-10,12-13H,11H2,1-3H3,(H,22,23,24). The van der Waals surface area contributed by atoms with Gasteiger partial charge >= 0.3 is 0 Å². The zero-order valence-corrected chi connectivity index (χ0v) is 15.6. The van der Waals surface area contributed by atoms with Crippen LogP contribution in [0, 0.1) is 13.8 Å². The molecule has 2 aromatic heterocycles. The summed E-state index contributed by atoms with van der Waals surface area (Å²) in [6, 6.07) is 14.3. The number of hydrogen-bond donors (Lipinski definition) is 1. The smallest absolute Gasteiger partial charge is 0.168 e. The van der Waals surface area contributed by atoms with E-state index in [0.717, 1.165) is 33.9 Å². The molecule has 0 radical (unpaired) electrons. The maximum Gasteiger partial charge on any atom is 0.168 e. The van der Waals surface area contributed by atoms with Crippen molar-refractivity contribution in [2.45, 2.75) is 20.4 Å². The molecule has 1 N–H and O–H groups in total. The van der Waals surface area contributed by atoms with Crippen molar-refractivity contribution < 1.29 is 4.74 Å². The molecule has 0 unspecified atom stereocenters. The van der Waals surface area contributed by atoms with Gasteiger partial charge in [0.1, 0.15) is 17.9 Å². The summed E-state index contributed by atoms with van der Waals surface area (Å²) in [5.74, 6) is 1.62. The van der Waals surface area contributed by atoms with Gasteiger partial charge < -0.3 is 10.1 Å². The number of ether oxygens (including phenoxy) is 1. The van der Waals surface area contributed by atoms with Gasteiger partial charge in [-0.3, -0.25) is 0 Å². The van der Waals surface area contributed by atoms with E-state index in [0.29, 0.717) is 6.54 Å². The largest absolute Gasteiger partial charge is 0.497 e. The zero-order valence-electron chi connectivity index (χ0n) is 15.6. The predicted octanol–water partition coefficient (Wildman–Crippen LogP) is 4.05. The molecule has 136 valence electrons. The average molecular weight is 359 g/mol. The third-order valence-corrected chi connectivity index (χ3v) is 4.44. The maximum atomic E-state index is 5.20. The van der Waals surface area contributed by atoms with Crippen LogP contribution in [0.4, 0.5) is 5.82 Å². The number of fused-ring (bicyclic) bond motifs is 1. The summed E-state index contributed by atoms with van der Waals surface area (Å²) >= 11 is 0. The Balaban J connectivity index is 1.63. The minimum absolute atomic E-state index is 0.658. The van der Waals surface area contributed by atoms with E-state index < -0.39 is 0 Å². The molecule has 0 fully saturated rings. The first-order valence-corrected chi connectivity index (χ1v) is 8.78. The molecule has 0 aliphatic carbocycles. The van der Waals surface area contributed by atoms with E-state index in [1.807, 2.05) is 35.1 Å². The molecule has 0 saturated carbocycles. The van der Waals surface area contributed by atoms with Crippen LogP contribution in [0.1, 0.15) is 16.7 Å². The molecular weight excluding hydrogens is 338 g/mol. The molecule has 0 aliphatic rings. The predicted molar refractivity (Wildman–Crippen MR) is 106 cm³/mol. The number of aryl methyl sites for hydroxylation is 2. The van der Waals surface area contributed by atoms with Crippen molar-refractivity contribution in [3.05, 3.63) is 71.7 Å². The molecule has 4 aromatic rings. The Morgan fingerprint density at radius 2 is 1.74 bits per heavy atom. The molecule has 2 heterocycles.